The van der Waals surface area contributed by atoms with Crippen molar-refractivity contribution in [3.8, 4) is 0 Å². The topological polar surface area (TPSA) is 113 Å². The third-order valence-electron chi connectivity index (χ3n) is 5.84. The Kier molecular flexibility index (Phi) is 8.74. The standard InChI is InChI=1S/C28H25Cl2N3O5S2/c1-19-3-7-22(8-4-19)32-39(35,36)24-14-9-21(10-15-24)31-28(34)18-33(23-11-16-26(29)27(30)17-23)40(37,38)25-12-5-20(2)6-13-25/h3-17,32H,18H2,1-2H3,(H,31,34). The van der Waals surface area contributed by atoms with Gasteiger partial charge >= 0.3 is 0 Å². The van der Waals surface area contributed by atoms with Gasteiger partial charge in [0.25, 0.3) is 20.0 Å². The van der Waals surface area contributed by atoms with Crippen molar-refractivity contribution in [1.82, 2.24) is 0 Å². The normalized spacial score (nSPS) is 11.6. The number of carbonyl (C=O) groups is 1. The van der Waals surface area contributed by atoms with Gasteiger partial charge in [-0.05, 0) is 80.6 Å². The number of aryl methyl sites for hydroxylation is 2. The van der Waals surface area contributed by atoms with Gasteiger partial charge in [-0.15, -0.1) is 0 Å². The van der Waals surface area contributed by atoms with Gasteiger partial charge < -0.3 is 5.32 Å². The van der Waals surface area contributed by atoms with Crippen LogP contribution in [0.15, 0.2) is 101 Å². The number of hydrogen-bond acceptors (Lipinski definition) is 5. The van der Waals surface area contributed by atoms with E-state index in [-0.39, 0.29) is 31.2 Å². The lowest BCUT2D eigenvalue weighted by Crippen LogP contribution is -2.38. The molecule has 0 saturated carbocycles. The number of hydrogen-bond donors (Lipinski definition) is 2. The molecule has 0 aliphatic heterocycles. The Morgan fingerprint density at radius 2 is 1.23 bits per heavy atom. The van der Waals surface area contributed by atoms with Crippen molar-refractivity contribution in [1.29, 1.82) is 0 Å². The minimum absolute atomic E-state index is 0.00684. The average molecular weight is 619 g/mol. The Bertz CT molecular complexity index is 1740. The number of sulfonamides is 2. The summed E-state index contributed by atoms with van der Waals surface area (Å²) in [6.45, 7) is 3.14. The lowest BCUT2D eigenvalue weighted by Gasteiger charge is -2.24. The second-order valence-electron chi connectivity index (χ2n) is 8.97. The van der Waals surface area contributed by atoms with Gasteiger partial charge in [0, 0.05) is 11.4 Å². The molecule has 0 aliphatic rings. The Balaban J connectivity index is 1.54. The molecule has 0 aliphatic carbocycles. The molecule has 0 bridgehead atoms. The molecule has 4 aromatic carbocycles. The Labute approximate surface area is 243 Å². The molecule has 0 spiro atoms. The van der Waals surface area contributed by atoms with Crippen molar-refractivity contribution in [3.63, 3.8) is 0 Å². The van der Waals surface area contributed by atoms with Gasteiger partial charge in [0.1, 0.15) is 6.54 Å². The van der Waals surface area contributed by atoms with Crippen LogP contribution in [0.1, 0.15) is 11.1 Å². The van der Waals surface area contributed by atoms with Gasteiger partial charge in [-0.25, -0.2) is 16.8 Å². The van der Waals surface area contributed by atoms with Crippen molar-refractivity contribution >= 4 is 66.2 Å². The lowest BCUT2D eigenvalue weighted by molar-refractivity contribution is -0.114. The number of nitrogens with zero attached hydrogens (tertiary/aromatic N) is 1. The quantitative estimate of drug-likeness (QED) is 0.231. The third-order valence-corrected chi connectivity index (χ3v) is 9.76. The molecule has 2 N–H and O–H groups in total. The number of carbonyl (C=O) groups excluding carboxylic acids is 1. The molecule has 0 atom stereocenters. The molecular formula is C28H25Cl2N3O5S2. The molecule has 0 heterocycles. The first kappa shape index (κ1) is 29.4. The monoisotopic (exact) mass is 617 g/mol. The molecule has 208 valence electrons. The van der Waals surface area contributed by atoms with Crippen LogP contribution in [0.5, 0.6) is 0 Å². The maximum atomic E-state index is 13.5. The van der Waals surface area contributed by atoms with E-state index in [1.165, 1.54) is 54.6 Å². The van der Waals surface area contributed by atoms with Crippen LogP contribution in [-0.4, -0.2) is 29.3 Å². The highest BCUT2D eigenvalue weighted by Crippen LogP contribution is 2.31. The van der Waals surface area contributed by atoms with Crippen LogP contribution < -0.4 is 14.3 Å². The number of halogens is 2. The van der Waals surface area contributed by atoms with Crippen molar-refractivity contribution < 1.29 is 21.6 Å². The van der Waals surface area contributed by atoms with Crippen molar-refractivity contribution in [2.45, 2.75) is 23.6 Å². The fraction of sp³-hybridized carbons (Fsp3) is 0.107. The predicted octanol–water partition coefficient (Wildman–Crippen LogP) is 6.25. The highest BCUT2D eigenvalue weighted by molar-refractivity contribution is 7.93. The van der Waals surface area contributed by atoms with E-state index in [2.05, 4.69) is 10.0 Å². The smallest absolute Gasteiger partial charge is 0.264 e. The van der Waals surface area contributed by atoms with Gasteiger partial charge in [0.15, 0.2) is 0 Å². The fourth-order valence-corrected chi connectivity index (χ4v) is 6.44. The summed E-state index contributed by atoms with van der Waals surface area (Å²) in [6.07, 6.45) is 0. The van der Waals surface area contributed by atoms with E-state index < -0.39 is 32.5 Å². The van der Waals surface area contributed by atoms with E-state index in [0.717, 1.165) is 15.4 Å². The number of benzene rings is 4. The lowest BCUT2D eigenvalue weighted by atomic mass is 10.2. The summed E-state index contributed by atoms with van der Waals surface area (Å²) >= 11 is 12.2. The van der Waals surface area contributed by atoms with Crippen LogP contribution in [0, 0.1) is 13.8 Å². The number of rotatable bonds is 9. The molecule has 8 nitrogen and oxygen atoms in total. The van der Waals surface area contributed by atoms with Crippen molar-refractivity contribution in [2.24, 2.45) is 0 Å². The van der Waals surface area contributed by atoms with E-state index in [1.807, 2.05) is 13.8 Å². The summed E-state index contributed by atoms with van der Waals surface area (Å²) in [5.41, 5.74) is 2.71. The summed E-state index contributed by atoms with van der Waals surface area (Å²) in [4.78, 5) is 13.0. The molecule has 4 rings (SSSR count). The first-order valence-electron chi connectivity index (χ1n) is 11.9. The maximum Gasteiger partial charge on any atom is 0.264 e. The van der Waals surface area contributed by atoms with Gasteiger partial charge in [0.05, 0.1) is 25.5 Å². The van der Waals surface area contributed by atoms with Crippen LogP contribution in [0.2, 0.25) is 10.0 Å². The zero-order valence-electron chi connectivity index (χ0n) is 21.4. The Hall–Kier alpha value is -3.57. The molecule has 0 aromatic heterocycles. The highest BCUT2D eigenvalue weighted by Gasteiger charge is 2.28. The van der Waals surface area contributed by atoms with Gasteiger partial charge in [-0.1, -0.05) is 58.6 Å². The van der Waals surface area contributed by atoms with E-state index in [4.69, 9.17) is 23.2 Å². The molecular weight excluding hydrogens is 593 g/mol. The summed E-state index contributed by atoms with van der Waals surface area (Å²) < 4.78 is 56.0. The molecule has 0 fully saturated rings. The predicted molar refractivity (Wildman–Crippen MR) is 159 cm³/mol. The summed E-state index contributed by atoms with van der Waals surface area (Å²) in [5.74, 6) is -0.657. The second kappa shape index (κ2) is 11.9. The minimum atomic E-state index is -4.16. The fourth-order valence-electron chi connectivity index (χ4n) is 3.68. The van der Waals surface area contributed by atoms with Gasteiger partial charge in [-0.3, -0.25) is 13.8 Å². The molecule has 1 amide bonds. The zero-order chi connectivity index (χ0) is 29.1. The van der Waals surface area contributed by atoms with E-state index in [1.54, 1.807) is 36.4 Å². The zero-order valence-corrected chi connectivity index (χ0v) is 24.6. The minimum Gasteiger partial charge on any atom is -0.325 e. The summed E-state index contributed by atoms with van der Waals surface area (Å²) in [7, 11) is -8.02. The number of nitrogens with one attached hydrogen (secondary N) is 2. The average Bonchev–Trinajstić information content (AvgIpc) is 2.91. The Morgan fingerprint density at radius 3 is 1.80 bits per heavy atom. The van der Waals surface area contributed by atoms with Crippen LogP contribution >= 0.6 is 23.2 Å². The molecule has 4 aromatic rings. The number of amides is 1. The van der Waals surface area contributed by atoms with Crippen LogP contribution in [-0.2, 0) is 24.8 Å². The van der Waals surface area contributed by atoms with Gasteiger partial charge in [0.2, 0.25) is 5.91 Å². The highest BCUT2D eigenvalue weighted by atomic mass is 35.5. The largest absolute Gasteiger partial charge is 0.325 e. The van der Waals surface area contributed by atoms with Crippen LogP contribution in [0.4, 0.5) is 17.1 Å². The third kappa shape index (κ3) is 6.95. The van der Waals surface area contributed by atoms with E-state index >= 15 is 0 Å². The SMILES string of the molecule is Cc1ccc(NS(=O)(=O)c2ccc(NC(=O)CN(c3ccc(Cl)c(Cl)c3)S(=O)(=O)c3ccc(C)cc3)cc2)cc1. The molecule has 0 radical (unpaired) electrons. The van der Waals surface area contributed by atoms with E-state index in [9.17, 15) is 21.6 Å². The first-order valence-corrected chi connectivity index (χ1v) is 15.6. The van der Waals surface area contributed by atoms with Crippen molar-refractivity contribution in [3.05, 3.63) is 112 Å². The molecule has 0 saturated heterocycles. The maximum absolute atomic E-state index is 13.5. The summed E-state index contributed by atoms with van der Waals surface area (Å²) in [6, 6.07) is 22.9. The van der Waals surface area contributed by atoms with E-state index in [0.29, 0.717) is 5.69 Å². The number of anilines is 3. The van der Waals surface area contributed by atoms with Crippen molar-refractivity contribution in [2.75, 3.05) is 20.9 Å². The second-order valence-corrected chi connectivity index (χ2v) is 13.3. The first-order chi connectivity index (χ1) is 18.8. The summed E-state index contributed by atoms with van der Waals surface area (Å²) in [5, 5.41) is 2.97. The Morgan fingerprint density at radius 1 is 0.700 bits per heavy atom. The van der Waals surface area contributed by atoms with Gasteiger partial charge in [-0.2, -0.15) is 0 Å². The molecule has 12 heteroatoms. The van der Waals surface area contributed by atoms with Crippen LogP contribution in [0.3, 0.4) is 0 Å². The van der Waals surface area contributed by atoms with Crippen LogP contribution in [0.25, 0.3) is 0 Å². The molecule has 40 heavy (non-hydrogen) atoms. The molecule has 0 unspecified atom stereocenters.